The maximum Gasteiger partial charge on any atom is 0.256 e. The number of benzene rings is 2. The Bertz CT molecular complexity index is 1330. The lowest BCUT2D eigenvalue weighted by molar-refractivity contribution is 0.0950. The quantitative estimate of drug-likeness (QED) is 0.446. The van der Waals surface area contributed by atoms with Gasteiger partial charge in [-0.2, -0.15) is 5.10 Å². The van der Waals surface area contributed by atoms with Crippen LogP contribution in [0.15, 0.2) is 77.7 Å². The Morgan fingerprint density at radius 1 is 0.970 bits per heavy atom. The summed E-state index contributed by atoms with van der Waals surface area (Å²) in [6.07, 6.45) is 1.75. The van der Waals surface area contributed by atoms with Crippen LogP contribution in [0.4, 0.5) is 4.39 Å². The number of nitrogens with one attached hydrogen (secondary N) is 1. The molecular weight excluding hydrogens is 443 g/mol. The molecule has 6 nitrogen and oxygen atoms in total. The molecule has 0 saturated carbocycles. The van der Waals surface area contributed by atoms with Crippen LogP contribution in [0.2, 0.25) is 5.15 Å². The zero-order valence-electron chi connectivity index (χ0n) is 18.0. The van der Waals surface area contributed by atoms with Gasteiger partial charge in [-0.25, -0.2) is 9.07 Å². The fourth-order valence-corrected chi connectivity index (χ4v) is 3.82. The van der Waals surface area contributed by atoms with Crippen molar-refractivity contribution in [3.05, 3.63) is 122 Å². The molecule has 8 heteroatoms. The van der Waals surface area contributed by atoms with Gasteiger partial charge in [-0.1, -0.05) is 54.1 Å². The van der Waals surface area contributed by atoms with Crippen LogP contribution in [-0.4, -0.2) is 20.3 Å². The van der Waals surface area contributed by atoms with E-state index in [1.54, 1.807) is 35.9 Å². The summed E-state index contributed by atoms with van der Waals surface area (Å²) < 4.78 is 16.3. The molecule has 2 aromatic carbocycles. The van der Waals surface area contributed by atoms with Gasteiger partial charge in [0.15, 0.2) is 0 Å². The van der Waals surface area contributed by atoms with E-state index in [4.69, 9.17) is 11.6 Å². The van der Waals surface area contributed by atoms with Gasteiger partial charge >= 0.3 is 0 Å². The van der Waals surface area contributed by atoms with Crippen molar-refractivity contribution in [1.82, 2.24) is 19.7 Å². The number of hydrogen-bond acceptors (Lipinski definition) is 3. The summed E-state index contributed by atoms with van der Waals surface area (Å²) in [4.78, 5) is 24.6. The number of nitrogens with zero attached hydrogens (tertiary/aromatic N) is 3. The minimum Gasteiger partial charge on any atom is -0.348 e. The van der Waals surface area contributed by atoms with Crippen molar-refractivity contribution < 1.29 is 9.18 Å². The third kappa shape index (κ3) is 5.38. The normalized spacial score (nSPS) is 10.9. The van der Waals surface area contributed by atoms with Crippen molar-refractivity contribution >= 4 is 17.5 Å². The molecule has 1 amide bonds. The first-order valence-electron chi connectivity index (χ1n) is 10.4. The molecule has 0 spiro atoms. The highest BCUT2D eigenvalue weighted by Crippen LogP contribution is 2.21. The lowest BCUT2D eigenvalue weighted by Crippen LogP contribution is -2.23. The van der Waals surface area contributed by atoms with Crippen LogP contribution in [0.25, 0.3) is 0 Å². The van der Waals surface area contributed by atoms with Crippen LogP contribution in [0.3, 0.4) is 0 Å². The summed E-state index contributed by atoms with van der Waals surface area (Å²) in [7, 11) is 0. The van der Waals surface area contributed by atoms with Gasteiger partial charge in [0.1, 0.15) is 11.0 Å². The highest BCUT2D eigenvalue weighted by molar-refractivity contribution is 6.33. The summed E-state index contributed by atoms with van der Waals surface area (Å²) in [6.45, 7) is 2.86. The number of carbonyl (C=O) groups excluding carboxylic acids is 1. The van der Waals surface area contributed by atoms with Gasteiger partial charge in [0.05, 0.1) is 24.3 Å². The maximum atomic E-state index is 13.1. The molecule has 0 bridgehead atoms. The van der Waals surface area contributed by atoms with Crippen LogP contribution in [-0.2, 0) is 19.6 Å². The largest absolute Gasteiger partial charge is 0.348 e. The molecule has 0 atom stereocenters. The first-order chi connectivity index (χ1) is 15.9. The molecule has 33 heavy (non-hydrogen) atoms. The number of amides is 1. The molecule has 0 aliphatic carbocycles. The minimum absolute atomic E-state index is 0.0546. The van der Waals surface area contributed by atoms with E-state index in [0.717, 1.165) is 16.7 Å². The van der Waals surface area contributed by atoms with Crippen LogP contribution < -0.4 is 10.9 Å². The average Bonchev–Trinajstić information content (AvgIpc) is 3.09. The third-order valence-corrected chi connectivity index (χ3v) is 5.65. The summed E-state index contributed by atoms with van der Waals surface area (Å²) in [5.41, 5.74) is 3.51. The molecule has 2 heterocycles. The third-order valence-electron chi connectivity index (χ3n) is 5.27. The topological polar surface area (TPSA) is 68.9 Å². The molecule has 2 aromatic heterocycles. The summed E-state index contributed by atoms with van der Waals surface area (Å²) >= 11 is 6.44. The van der Waals surface area contributed by atoms with E-state index in [9.17, 15) is 14.0 Å². The van der Waals surface area contributed by atoms with Gasteiger partial charge in [0.25, 0.3) is 11.5 Å². The van der Waals surface area contributed by atoms with Crippen LogP contribution in [0.1, 0.15) is 32.7 Å². The number of halogens is 2. The van der Waals surface area contributed by atoms with Crippen LogP contribution in [0, 0.1) is 12.7 Å². The predicted molar refractivity (Wildman–Crippen MR) is 125 cm³/mol. The Hall–Kier alpha value is -3.71. The molecule has 0 aliphatic heterocycles. The molecule has 1 N–H and O–H groups in total. The number of pyridine rings is 1. The second-order valence-corrected chi connectivity index (χ2v) is 8.06. The fourth-order valence-electron chi connectivity index (χ4n) is 3.50. The van der Waals surface area contributed by atoms with E-state index in [1.165, 1.54) is 22.9 Å². The van der Waals surface area contributed by atoms with Gasteiger partial charge in [0.2, 0.25) is 0 Å². The molecule has 4 aromatic rings. The SMILES string of the molecule is Cc1nn(Cc2ccc(F)cc2)c(Cl)c1C(=O)NCc1ccc(Cn2ccccc2=O)cc1. The predicted octanol–water partition coefficient (Wildman–Crippen LogP) is 4.17. The van der Waals surface area contributed by atoms with Gasteiger partial charge in [-0.3, -0.25) is 9.59 Å². The van der Waals surface area contributed by atoms with Crippen molar-refractivity contribution in [3.8, 4) is 0 Å². The Morgan fingerprint density at radius 2 is 1.61 bits per heavy atom. The lowest BCUT2D eigenvalue weighted by Gasteiger charge is -2.08. The molecule has 4 rings (SSSR count). The zero-order chi connectivity index (χ0) is 23.4. The van der Waals surface area contributed by atoms with Crippen molar-refractivity contribution in [2.45, 2.75) is 26.6 Å². The molecule has 168 valence electrons. The Morgan fingerprint density at radius 3 is 2.30 bits per heavy atom. The Kier molecular flexibility index (Phi) is 6.70. The second-order valence-electron chi connectivity index (χ2n) is 7.70. The van der Waals surface area contributed by atoms with E-state index < -0.39 is 0 Å². The molecule has 0 fully saturated rings. The number of aryl methyl sites for hydroxylation is 1. The Labute approximate surface area is 195 Å². The van der Waals surface area contributed by atoms with Crippen molar-refractivity contribution in [2.24, 2.45) is 0 Å². The van der Waals surface area contributed by atoms with E-state index in [0.29, 0.717) is 30.9 Å². The summed E-state index contributed by atoms with van der Waals surface area (Å²) in [6, 6.07) is 18.8. The van der Waals surface area contributed by atoms with Gasteiger partial charge in [0, 0.05) is 18.8 Å². The summed E-state index contributed by atoms with van der Waals surface area (Å²) in [5, 5.41) is 7.48. The van der Waals surface area contributed by atoms with Crippen molar-refractivity contribution in [2.75, 3.05) is 0 Å². The van der Waals surface area contributed by atoms with E-state index in [2.05, 4.69) is 10.4 Å². The highest BCUT2D eigenvalue weighted by atomic mass is 35.5. The minimum atomic E-state index is -0.317. The highest BCUT2D eigenvalue weighted by Gasteiger charge is 2.20. The average molecular weight is 465 g/mol. The van der Waals surface area contributed by atoms with Crippen LogP contribution >= 0.6 is 11.6 Å². The molecule has 0 unspecified atom stereocenters. The maximum absolute atomic E-state index is 13.1. The van der Waals surface area contributed by atoms with Gasteiger partial charge in [-0.05, 0) is 41.8 Å². The van der Waals surface area contributed by atoms with Crippen molar-refractivity contribution in [3.63, 3.8) is 0 Å². The summed E-state index contributed by atoms with van der Waals surface area (Å²) in [5.74, 6) is -0.633. The number of carbonyl (C=O) groups is 1. The van der Waals surface area contributed by atoms with Gasteiger partial charge < -0.3 is 9.88 Å². The van der Waals surface area contributed by atoms with E-state index >= 15 is 0 Å². The standard InChI is InChI=1S/C25H22ClFN4O2/c1-17-23(24(26)31(29-17)16-20-9-11-21(27)12-10-20)25(33)28-14-18-5-7-19(8-6-18)15-30-13-3-2-4-22(30)32/h2-13H,14-16H2,1H3,(H,28,33). The molecule has 0 radical (unpaired) electrons. The monoisotopic (exact) mass is 464 g/mol. The second kappa shape index (κ2) is 9.83. The first kappa shape index (κ1) is 22.5. The van der Waals surface area contributed by atoms with Gasteiger partial charge in [-0.15, -0.1) is 0 Å². The molecule has 0 aliphatic rings. The Balaban J connectivity index is 1.39. The van der Waals surface area contributed by atoms with Crippen molar-refractivity contribution in [1.29, 1.82) is 0 Å². The number of aromatic nitrogens is 3. The fraction of sp³-hybridized carbons (Fsp3) is 0.160. The zero-order valence-corrected chi connectivity index (χ0v) is 18.7. The smallest absolute Gasteiger partial charge is 0.256 e. The number of hydrogen-bond donors (Lipinski definition) is 1. The van der Waals surface area contributed by atoms with Crippen LogP contribution in [0.5, 0.6) is 0 Å². The lowest BCUT2D eigenvalue weighted by atomic mass is 10.1. The number of rotatable bonds is 7. The molecular formula is C25H22ClFN4O2. The first-order valence-corrected chi connectivity index (χ1v) is 10.8. The molecule has 0 saturated heterocycles. The van der Waals surface area contributed by atoms with E-state index in [-0.39, 0.29) is 22.4 Å². The van der Waals surface area contributed by atoms with E-state index in [1.807, 2.05) is 30.3 Å².